The molecule has 2 N–H and O–H groups in total. The third-order valence-corrected chi connectivity index (χ3v) is 4.91. The normalized spacial score (nSPS) is 20.8. The van der Waals surface area contributed by atoms with Crippen LogP contribution in [0.15, 0.2) is 0 Å². The standard InChI is InChI=1S/C17H34N2O/c1-4-11-17(14-18,12-5-2)16(20)19-13-9-7-8-10-15(19)6-3/h15H,4-14,18H2,1-3H3. The van der Waals surface area contributed by atoms with E-state index in [0.29, 0.717) is 18.5 Å². The fraction of sp³-hybridized carbons (Fsp3) is 0.941. The first-order valence-corrected chi connectivity index (χ1v) is 8.66. The maximum atomic E-state index is 13.2. The molecule has 118 valence electrons. The van der Waals surface area contributed by atoms with Crippen LogP contribution in [0.4, 0.5) is 0 Å². The van der Waals surface area contributed by atoms with E-state index in [1.807, 2.05) is 0 Å². The van der Waals surface area contributed by atoms with E-state index >= 15 is 0 Å². The lowest BCUT2D eigenvalue weighted by Crippen LogP contribution is -2.51. The fourth-order valence-corrected chi connectivity index (χ4v) is 3.76. The fourth-order valence-electron chi connectivity index (χ4n) is 3.76. The molecule has 1 amide bonds. The molecule has 1 aliphatic rings. The van der Waals surface area contributed by atoms with Crippen molar-refractivity contribution < 1.29 is 4.79 Å². The minimum Gasteiger partial charge on any atom is -0.339 e. The Bertz CT molecular complexity index is 285. The average molecular weight is 282 g/mol. The highest BCUT2D eigenvalue weighted by molar-refractivity contribution is 5.83. The van der Waals surface area contributed by atoms with Gasteiger partial charge in [-0.1, -0.05) is 46.5 Å². The van der Waals surface area contributed by atoms with E-state index in [2.05, 4.69) is 25.7 Å². The number of hydrogen-bond donors (Lipinski definition) is 1. The predicted molar refractivity (Wildman–Crippen MR) is 85.6 cm³/mol. The number of hydrogen-bond acceptors (Lipinski definition) is 2. The van der Waals surface area contributed by atoms with Crippen molar-refractivity contribution in [2.45, 2.75) is 84.6 Å². The molecule has 0 aromatic rings. The van der Waals surface area contributed by atoms with Crippen LogP contribution in [-0.2, 0) is 4.79 Å². The maximum absolute atomic E-state index is 13.2. The third kappa shape index (κ3) is 3.97. The summed E-state index contributed by atoms with van der Waals surface area (Å²) in [6, 6.07) is 0.435. The van der Waals surface area contributed by atoms with Gasteiger partial charge >= 0.3 is 0 Å². The Kier molecular flexibility index (Phi) is 7.57. The summed E-state index contributed by atoms with van der Waals surface area (Å²) in [5, 5.41) is 0. The molecule has 0 aromatic heterocycles. The monoisotopic (exact) mass is 282 g/mol. The van der Waals surface area contributed by atoms with Crippen LogP contribution in [0.3, 0.4) is 0 Å². The van der Waals surface area contributed by atoms with Gasteiger partial charge in [-0.15, -0.1) is 0 Å². The second-order valence-corrected chi connectivity index (χ2v) is 6.39. The van der Waals surface area contributed by atoms with E-state index < -0.39 is 0 Å². The summed E-state index contributed by atoms with van der Waals surface area (Å²) < 4.78 is 0. The summed E-state index contributed by atoms with van der Waals surface area (Å²) in [6.07, 6.45) is 9.86. The maximum Gasteiger partial charge on any atom is 0.230 e. The summed E-state index contributed by atoms with van der Waals surface area (Å²) in [5.41, 5.74) is 5.76. The van der Waals surface area contributed by atoms with E-state index in [4.69, 9.17) is 5.73 Å². The SMILES string of the molecule is CCCC(CN)(CCC)C(=O)N1CCCCCC1CC. The second kappa shape index (κ2) is 8.66. The van der Waals surface area contributed by atoms with Crippen LogP contribution in [0.2, 0.25) is 0 Å². The minimum atomic E-state index is -0.304. The van der Waals surface area contributed by atoms with Crippen LogP contribution < -0.4 is 5.73 Å². The lowest BCUT2D eigenvalue weighted by atomic mass is 9.77. The van der Waals surface area contributed by atoms with Crippen molar-refractivity contribution in [1.82, 2.24) is 4.90 Å². The van der Waals surface area contributed by atoms with Crippen molar-refractivity contribution in [3.05, 3.63) is 0 Å². The number of amides is 1. The van der Waals surface area contributed by atoms with Crippen LogP contribution in [0, 0.1) is 5.41 Å². The molecule has 3 nitrogen and oxygen atoms in total. The molecule has 0 aromatic carbocycles. The number of rotatable bonds is 7. The van der Waals surface area contributed by atoms with Crippen LogP contribution in [0.25, 0.3) is 0 Å². The van der Waals surface area contributed by atoms with Gasteiger partial charge < -0.3 is 10.6 Å². The molecule has 0 saturated carbocycles. The van der Waals surface area contributed by atoms with Crippen molar-refractivity contribution in [2.24, 2.45) is 11.1 Å². The Labute approximate surface area is 125 Å². The van der Waals surface area contributed by atoms with Crippen molar-refractivity contribution in [3.8, 4) is 0 Å². The molecular formula is C17H34N2O. The lowest BCUT2D eigenvalue weighted by molar-refractivity contribution is -0.145. The number of nitrogens with zero attached hydrogens (tertiary/aromatic N) is 1. The first-order valence-electron chi connectivity index (χ1n) is 8.66. The highest BCUT2D eigenvalue weighted by Gasteiger charge is 2.40. The number of likely N-dealkylation sites (tertiary alicyclic amines) is 1. The van der Waals surface area contributed by atoms with Gasteiger partial charge in [0.25, 0.3) is 0 Å². The summed E-state index contributed by atoms with van der Waals surface area (Å²) in [7, 11) is 0. The van der Waals surface area contributed by atoms with Gasteiger partial charge in [-0.2, -0.15) is 0 Å². The van der Waals surface area contributed by atoms with Crippen molar-refractivity contribution in [3.63, 3.8) is 0 Å². The van der Waals surface area contributed by atoms with Crippen molar-refractivity contribution >= 4 is 5.91 Å². The van der Waals surface area contributed by atoms with Gasteiger partial charge in [-0.25, -0.2) is 0 Å². The minimum absolute atomic E-state index is 0.304. The molecule has 0 aliphatic carbocycles. The molecule has 20 heavy (non-hydrogen) atoms. The topological polar surface area (TPSA) is 46.3 Å². The molecule has 0 bridgehead atoms. The van der Waals surface area contributed by atoms with E-state index in [1.165, 1.54) is 19.3 Å². The van der Waals surface area contributed by atoms with E-state index in [9.17, 15) is 4.79 Å². The van der Waals surface area contributed by atoms with Gasteiger partial charge in [0, 0.05) is 19.1 Å². The Morgan fingerprint density at radius 2 is 1.80 bits per heavy atom. The van der Waals surface area contributed by atoms with Crippen molar-refractivity contribution in [1.29, 1.82) is 0 Å². The molecular weight excluding hydrogens is 248 g/mol. The molecule has 1 fully saturated rings. The zero-order valence-electron chi connectivity index (χ0n) is 13.8. The first-order chi connectivity index (χ1) is 9.65. The second-order valence-electron chi connectivity index (χ2n) is 6.39. The van der Waals surface area contributed by atoms with Crippen molar-refractivity contribution in [2.75, 3.05) is 13.1 Å². The molecule has 1 aliphatic heterocycles. The summed E-state index contributed by atoms with van der Waals surface area (Å²) in [5.74, 6) is 0.345. The van der Waals surface area contributed by atoms with Crippen LogP contribution in [0.5, 0.6) is 0 Å². The Hall–Kier alpha value is -0.570. The zero-order chi connectivity index (χ0) is 15.0. The van der Waals surface area contributed by atoms with Gasteiger partial charge in [0.1, 0.15) is 0 Å². The molecule has 3 heteroatoms. The van der Waals surface area contributed by atoms with E-state index in [1.54, 1.807) is 0 Å². The lowest BCUT2D eigenvalue weighted by Gasteiger charge is -2.39. The summed E-state index contributed by atoms with van der Waals surface area (Å²) >= 11 is 0. The zero-order valence-corrected chi connectivity index (χ0v) is 13.8. The van der Waals surface area contributed by atoms with Gasteiger partial charge in [0.15, 0.2) is 0 Å². The Morgan fingerprint density at radius 1 is 1.15 bits per heavy atom. The Balaban J connectivity index is 2.95. The molecule has 1 saturated heterocycles. The van der Waals surface area contributed by atoms with Gasteiger partial charge in [0.05, 0.1) is 5.41 Å². The highest BCUT2D eigenvalue weighted by atomic mass is 16.2. The summed E-state index contributed by atoms with van der Waals surface area (Å²) in [4.78, 5) is 15.4. The van der Waals surface area contributed by atoms with Crippen LogP contribution in [0.1, 0.15) is 78.6 Å². The third-order valence-electron chi connectivity index (χ3n) is 4.91. The summed E-state index contributed by atoms with van der Waals surface area (Å²) in [6.45, 7) is 7.97. The highest BCUT2D eigenvalue weighted by Crippen LogP contribution is 2.34. The largest absolute Gasteiger partial charge is 0.339 e. The number of nitrogens with two attached hydrogens (primary N) is 1. The first kappa shape index (κ1) is 17.5. The van der Waals surface area contributed by atoms with E-state index in [0.717, 1.165) is 45.1 Å². The Morgan fingerprint density at radius 3 is 2.30 bits per heavy atom. The van der Waals surface area contributed by atoms with E-state index in [-0.39, 0.29) is 5.41 Å². The number of carbonyl (C=O) groups is 1. The average Bonchev–Trinajstić information content (AvgIpc) is 2.71. The molecule has 1 rings (SSSR count). The van der Waals surface area contributed by atoms with Gasteiger partial charge in [-0.3, -0.25) is 4.79 Å². The van der Waals surface area contributed by atoms with Crippen LogP contribution in [-0.4, -0.2) is 29.9 Å². The number of carbonyl (C=O) groups excluding carboxylic acids is 1. The molecule has 0 radical (unpaired) electrons. The molecule has 1 heterocycles. The molecule has 1 atom stereocenters. The van der Waals surface area contributed by atoms with Crippen LogP contribution >= 0.6 is 0 Å². The molecule has 1 unspecified atom stereocenters. The quantitative estimate of drug-likeness (QED) is 0.773. The molecule has 0 spiro atoms. The smallest absolute Gasteiger partial charge is 0.230 e. The van der Waals surface area contributed by atoms with Gasteiger partial charge in [-0.05, 0) is 32.1 Å². The predicted octanol–water partition coefficient (Wildman–Crippen LogP) is 3.71. The van der Waals surface area contributed by atoms with Gasteiger partial charge in [0.2, 0.25) is 5.91 Å².